The van der Waals surface area contributed by atoms with Crippen LogP contribution in [0.5, 0.6) is 0 Å². The molecule has 0 saturated carbocycles. The number of ether oxygens (including phenoxy) is 1. The normalized spacial score (nSPS) is 13.2. The molecule has 1 aliphatic heterocycles. The van der Waals surface area contributed by atoms with Crippen molar-refractivity contribution in [3.05, 3.63) is 70.3 Å². The van der Waals surface area contributed by atoms with E-state index < -0.39 is 5.97 Å². The van der Waals surface area contributed by atoms with E-state index in [1.165, 1.54) is 30.2 Å². The maximum atomic E-state index is 12.5. The van der Waals surface area contributed by atoms with Crippen molar-refractivity contribution in [1.82, 2.24) is 4.90 Å². The lowest BCUT2D eigenvalue weighted by molar-refractivity contribution is 0.0599. The SMILES string of the molecule is COC(=O)c1ccc2c(c1)C(=O)N(Cc1ccccc1C)C2=O. The minimum atomic E-state index is -0.537. The molecule has 5 nitrogen and oxygen atoms in total. The summed E-state index contributed by atoms with van der Waals surface area (Å²) >= 11 is 0. The summed E-state index contributed by atoms with van der Waals surface area (Å²) in [5, 5.41) is 0. The third-order valence-corrected chi connectivity index (χ3v) is 3.98. The average Bonchev–Trinajstić information content (AvgIpc) is 2.80. The summed E-state index contributed by atoms with van der Waals surface area (Å²) in [4.78, 5) is 37.8. The van der Waals surface area contributed by atoms with Gasteiger partial charge in [-0.1, -0.05) is 24.3 Å². The van der Waals surface area contributed by atoms with Crippen molar-refractivity contribution in [3.8, 4) is 0 Å². The first kappa shape index (κ1) is 15.0. The summed E-state index contributed by atoms with van der Waals surface area (Å²) in [6.45, 7) is 2.15. The van der Waals surface area contributed by atoms with E-state index in [0.717, 1.165) is 11.1 Å². The smallest absolute Gasteiger partial charge is 0.337 e. The van der Waals surface area contributed by atoms with E-state index in [4.69, 9.17) is 0 Å². The molecule has 5 heteroatoms. The van der Waals surface area contributed by atoms with E-state index in [2.05, 4.69) is 4.74 Å². The highest BCUT2D eigenvalue weighted by Crippen LogP contribution is 2.26. The van der Waals surface area contributed by atoms with E-state index in [9.17, 15) is 14.4 Å². The average molecular weight is 309 g/mol. The Hall–Kier alpha value is -2.95. The number of aryl methyl sites for hydroxylation is 1. The number of fused-ring (bicyclic) bond motifs is 1. The van der Waals surface area contributed by atoms with Gasteiger partial charge in [0.25, 0.3) is 11.8 Å². The molecule has 2 aromatic carbocycles. The standard InChI is InChI=1S/C18H15NO4/c1-11-5-3-4-6-13(11)10-19-16(20)14-8-7-12(18(22)23-2)9-15(14)17(19)21/h3-9H,10H2,1-2H3. The van der Waals surface area contributed by atoms with Gasteiger partial charge in [-0.05, 0) is 36.2 Å². The van der Waals surface area contributed by atoms with Crippen LogP contribution in [0.15, 0.2) is 42.5 Å². The predicted octanol–water partition coefficient (Wildman–Crippen LogP) is 2.58. The molecule has 0 aliphatic carbocycles. The highest BCUT2D eigenvalue weighted by molar-refractivity contribution is 6.21. The van der Waals surface area contributed by atoms with Crippen molar-refractivity contribution in [2.75, 3.05) is 7.11 Å². The molecule has 0 spiro atoms. The molecule has 0 fully saturated rings. The number of esters is 1. The topological polar surface area (TPSA) is 63.7 Å². The van der Waals surface area contributed by atoms with Crippen molar-refractivity contribution in [1.29, 1.82) is 0 Å². The maximum absolute atomic E-state index is 12.5. The van der Waals surface area contributed by atoms with E-state index in [0.29, 0.717) is 5.56 Å². The molecule has 116 valence electrons. The zero-order valence-corrected chi connectivity index (χ0v) is 12.8. The van der Waals surface area contributed by atoms with Crippen LogP contribution in [0.2, 0.25) is 0 Å². The van der Waals surface area contributed by atoms with Crippen LogP contribution in [0.25, 0.3) is 0 Å². The number of hydrogen-bond acceptors (Lipinski definition) is 4. The van der Waals surface area contributed by atoms with Crippen LogP contribution in [0.1, 0.15) is 42.2 Å². The Morgan fingerprint density at radius 3 is 2.43 bits per heavy atom. The molecular formula is C18H15NO4. The van der Waals surface area contributed by atoms with Gasteiger partial charge in [0.15, 0.2) is 0 Å². The van der Waals surface area contributed by atoms with Gasteiger partial charge in [-0.15, -0.1) is 0 Å². The third kappa shape index (κ3) is 2.50. The number of amides is 2. The van der Waals surface area contributed by atoms with Gasteiger partial charge in [-0.3, -0.25) is 14.5 Å². The molecule has 0 bridgehead atoms. The van der Waals surface area contributed by atoms with Crippen LogP contribution in [0, 0.1) is 6.92 Å². The summed E-state index contributed by atoms with van der Waals surface area (Å²) in [5.74, 6) is -1.27. The van der Waals surface area contributed by atoms with Crippen molar-refractivity contribution in [3.63, 3.8) is 0 Å². The zero-order chi connectivity index (χ0) is 16.6. The Labute approximate surface area is 133 Å². The second-order valence-electron chi connectivity index (χ2n) is 5.37. The number of nitrogens with zero attached hydrogens (tertiary/aromatic N) is 1. The van der Waals surface area contributed by atoms with Crippen LogP contribution in [0.3, 0.4) is 0 Å². The summed E-state index contributed by atoms with van der Waals surface area (Å²) in [6, 6.07) is 12.0. The fraction of sp³-hybridized carbons (Fsp3) is 0.167. The van der Waals surface area contributed by atoms with E-state index in [1.807, 2.05) is 31.2 Å². The molecule has 3 rings (SSSR count). The fourth-order valence-corrected chi connectivity index (χ4v) is 2.64. The van der Waals surface area contributed by atoms with Crippen LogP contribution < -0.4 is 0 Å². The van der Waals surface area contributed by atoms with Crippen molar-refractivity contribution in [2.45, 2.75) is 13.5 Å². The molecule has 0 aromatic heterocycles. The summed E-state index contributed by atoms with van der Waals surface area (Å²) < 4.78 is 4.65. The van der Waals surface area contributed by atoms with E-state index in [1.54, 1.807) is 0 Å². The molecule has 0 unspecified atom stereocenters. The molecule has 0 saturated heterocycles. The molecule has 1 heterocycles. The van der Waals surface area contributed by atoms with Gasteiger partial charge in [0.05, 0.1) is 30.3 Å². The molecule has 1 aliphatic rings. The quantitative estimate of drug-likeness (QED) is 0.646. The Kier molecular flexibility index (Phi) is 3.70. The third-order valence-electron chi connectivity index (χ3n) is 3.98. The Morgan fingerprint density at radius 1 is 1.04 bits per heavy atom. The number of benzene rings is 2. The van der Waals surface area contributed by atoms with Crippen LogP contribution >= 0.6 is 0 Å². The predicted molar refractivity (Wildman–Crippen MR) is 83.2 cm³/mol. The first-order chi connectivity index (χ1) is 11.0. The minimum Gasteiger partial charge on any atom is -0.465 e. The summed E-state index contributed by atoms with van der Waals surface area (Å²) in [5.41, 5.74) is 2.74. The second kappa shape index (κ2) is 5.68. The van der Waals surface area contributed by atoms with E-state index >= 15 is 0 Å². The number of methoxy groups -OCH3 is 1. The first-order valence-electron chi connectivity index (χ1n) is 7.16. The molecule has 0 N–H and O–H groups in total. The van der Waals surface area contributed by atoms with Gasteiger partial charge in [0.1, 0.15) is 0 Å². The number of carbonyl (C=O) groups is 3. The Balaban J connectivity index is 1.94. The number of carbonyl (C=O) groups excluding carboxylic acids is 3. The Bertz CT molecular complexity index is 826. The van der Waals surface area contributed by atoms with Gasteiger partial charge in [0, 0.05) is 0 Å². The lowest BCUT2D eigenvalue weighted by Crippen LogP contribution is -2.29. The molecule has 0 atom stereocenters. The molecule has 23 heavy (non-hydrogen) atoms. The first-order valence-corrected chi connectivity index (χ1v) is 7.16. The van der Waals surface area contributed by atoms with Crippen molar-refractivity contribution >= 4 is 17.8 Å². The number of imide groups is 1. The molecular weight excluding hydrogens is 294 g/mol. The molecule has 2 amide bonds. The van der Waals surface area contributed by atoms with Gasteiger partial charge in [-0.25, -0.2) is 4.79 Å². The highest BCUT2D eigenvalue weighted by atomic mass is 16.5. The maximum Gasteiger partial charge on any atom is 0.337 e. The summed E-state index contributed by atoms with van der Waals surface area (Å²) in [7, 11) is 1.27. The van der Waals surface area contributed by atoms with Gasteiger partial charge in [-0.2, -0.15) is 0 Å². The van der Waals surface area contributed by atoms with Gasteiger partial charge >= 0.3 is 5.97 Å². The second-order valence-corrected chi connectivity index (χ2v) is 5.37. The monoisotopic (exact) mass is 309 g/mol. The molecule has 2 aromatic rings. The fourth-order valence-electron chi connectivity index (χ4n) is 2.64. The zero-order valence-electron chi connectivity index (χ0n) is 12.8. The minimum absolute atomic E-state index is 0.215. The van der Waals surface area contributed by atoms with Gasteiger partial charge < -0.3 is 4.74 Å². The van der Waals surface area contributed by atoms with Crippen molar-refractivity contribution in [2.24, 2.45) is 0 Å². The van der Waals surface area contributed by atoms with Crippen LogP contribution in [-0.2, 0) is 11.3 Å². The van der Waals surface area contributed by atoms with Crippen LogP contribution in [0.4, 0.5) is 0 Å². The lowest BCUT2D eigenvalue weighted by atomic mass is 10.1. The number of hydrogen-bond donors (Lipinski definition) is 0. The summed E-state index contributed by atoms with van der Waals surface area (Å²) in [6.07, 6.45) is 0. The highest BCUT2D eigenvalue weighted by Gasteiger charge is 2.36. The van der Waals surface area contributed by atoms with Gasteiger partial charge in [0.2, 0.25) is 0 Å². The Morgan fingerprint density at radius 2 is 1.74 bits per heavy atom. The van der Waals surface area contributed by atoms with Crippen molar-refractivity contribution < 1.29 is 19.1 Å². The largest absolute Gasteiger partial charge is 0.465 e. The van der Waals surface area contributed by atoms with E-state index in [-0.39, 0.29) is 29.5 Å². The lowest BCUT2D eigenvalue weighted by Gasteiger charge is -2.15. The number of rotatable bonds is 3. The molecule has 0 radical (unpaired) electrons. The van der Waals surface area contributed by atoms with Crippen LogP contribution in [-0.4, -0.2) is 29.8 Å².